The quantitative estimate of drug-likeness (QED) is 0.824. The van der Waals surface area contributed by atoms with Crippen molar-refractivity contribution in [3.63, 3.8) is 0 Å². The standard InChI is InChI=1S/C11H11N5S/c1-8-14-10(7-17-8)6-16(2)11-9(5-12)3-4-13-15-11/h3-4,7H,6H2,1-2H3. The molecule has 0 aliphatic heterocycles. The van der Waals surface area contributed by atoms with E-state index in [1.165, 1.54) is 6.20 Å². The summed E-state index contributed by atoms with van der Waals surface area (Å²) in [7, 11) is 1.87. The Labute approximate surface area is 103 Å². The van der Waals surface area contributed by atoms with E-state index in [0.29, 0.717) is 17.9 Å². The lowest BCUT2D eigenvalue weighted by Crippen LogP contribution is -2.19. The molecule has 0 atom stereocenters. The maximum Gasteiger partial charge on any atom is 0.169 e. The predicted octanol–water partition coefficient (Wildman–Crippen LogP) is 1.75. The van der Waals surface area contributed by atoms with Gasteiger partial charge in [0.15, 0.2) is 5.82 Å². The number of thiazole rings is 1. The van der Waals surface area contributed by atoms with E-state index in [4.69, 9.17) is 5.26 Å². The molecule has 2 rings (SSSR count). The molecule has 5 nitrogen and oxygen atoms in total. The highest BCUT2D eigenvalue weighted by Gasteiger charge is 2.10. The number of hydrogen-bond acceptors (Lipinski definition) is 6. The third kappa shape index (κ3) is 2.57. The zero-order chi connectivity index (χ0) is 12.3. The summed E-state index contributed by atoms with van der Waals surface area (Å²) >= 11 is 1.61. The van der Waals surface area contributed by atoms with E-state index in [1.54, 1.807) is 17.4 Å². The summed E-state index contributed by atoms with van der Waals surface area (Å²) in [6.07, 6.45) is 1.52. The number of nitrogens with zero attached hydrogens (tertiary/aromatic N) is 5. The van der Waals surface area contributed by atoms with Crippen molar-refractivity contribution in [1.29, 1.82) is 5.26 Å². The molecule has 0 saturated heterocycles. The van der Waals surface area contributed by atoms with Gasteiger partial charge in [-0.2, -0.15) is 10.4 Å². The summed E-state index contributed by atoms with van der Waals surface area (Å²) in [5.74, 6) is 0.584. The Balaban J connectivity index is 2.20. The Morgan fingerprint density at radius 3 is 3.00 bits per heavy atom. The Kier molecular flexibility index (Phi) is 3.30. The van der Waals surface area contributed by atoms with Crippen LogP contribution in [0.3, 0.4) is 0 Å². The molecule has 2 aromatic rings. The van der Waals surface area contributed by atoms with Crippen LogP contribution in [0.5, 0.6) is 0 Å². The first kappa shape index (κ1) is 11.5. The summed E-state index contributed by atoms with van der Waals surface area (Å²) in [6.45, 7) is 2.59. The fourth-order valence-electron chi connectivity index (χ4n) is 1.49. The molecule has 2 aromatic heterocycles. The second-order valence-electron chi connectivity index (χ2n) is 3.59. The van der Waals surface area contributed by atoms with Crippen LogP contribution in [0.25, 0.3) is 0 Å². The molecule has 0 aliphatic carbocycles. The van der Waals surface area contributed by atoms with Crippen molar-refractivity contribution in [2.75, 3.05) is 11.9 Å². The minimum Gasteiger partial charge on any atom is -0.351 e. The second-order valence-corrected chi connectivity index (χ2v) is 4.66. The van der Waals surface area contributed by atoms with Crippen molar-refractivity contribution in [3.8, 4) is 6.07 Å². The maximum absolute atomic E-state index is 8.98. The summed E-state index contributed by atoms with van der Waals surface area (Å²) < 4.78 is 0. The lowest BCUT2D eigenvalue weighted by molar-refractivity contribution is 0.843. The largest absolute Gasteiger partial charge is 0.351 e. The van der Waals surface area contributed by atoms with Crippen molar-refractivity contribution < 1.29 is 0 Å². The Morgan fingerprint density at radius 1 is 1.53 bits per heavy atom. The highest BCUT2D eigenvalue weighted by atomic mass is 32.1. The van der Waals surface area contributed by atoms with Gasteiger partial charge in [0.1, 0.15) is 6.07 Å². The topological polar surface area (TPSA) is 65.7 Å². The van der Waals surface area contributed by atoms with Gasteiger partial charge in [-0.15, -0.1) is 16.4 Å². The van der Waals surface area contributed by atoms with E-state index < -0.39 is 0 Å². The van der Waals surface area contributed by atoms with Gasteiger partial charge in [0, 0.05) is 12.4 Å². The molecular formula is C11H11N5S. The first-order valence-electron chi connectivity index (χ1n) is 5.04. The van der Waals surface area contributed by atoms with Gasteiger partial charge in [0.25, 0.3) is 0 Å². The van der Waals surface area contributed by atoms with E-state index in [9.17, 15) is 0 Å². The molecule has 0 aliphatic rings. The molecule has 0 bridgehead atoms. The summed E-state index contributed by atoms with van der Waals surface area (Å²) in [4.78, 5) is 6.25. The zero-order valence-electron chi connectivity index (χ0n) is 9.58. The molecule has 6 heteroatoms. The SMILES string of the molecule is Cc1nc(CN(C)c2nnccc2C#N)cs1. The summed E-state index contributed by atoms with van der Waals surface area (Å²) in [6, 6.07) is 3.76. The van der Waals surface area contributed by atoms with Crippen LogP contribution in [0.15, 0.2) is 17.6 Å². The molecule has 17 heavy (non-hydrogen) atoms. The normalized spacial score (nSPS) is 9.94. The molecule has 0 unspecified atom stereocenters. The van der Waals surface area contributed by atoms with Gasteiger partial charge in [0.2, 0.25) is 0 Å². The Hall–Kier alpha value is -2.00. The fourth-order valence-corrected chi connectivity index (χ4v) is 2.10. The van der Waals surface area contributed by atoms with Crippen LogP contribution >= 0.6 is 11.3 Å². The van der Waals surface area contributed by atoms with Crippen molar-refractivity contribution in [2.24, 2.45) is 0 Å². The predicted molar refractivity (Wildman–Crippen MR) is 65.7 cm³/mol. The molecule has 0 saturated carbocycles. The van der Waals surface area contributed by atoms with Crippen molar-refractivity contribution in [3.05, 3.63) is 33.9 Å². The maximum atomic E-state index is 8.98. The molecule has 0 radical (unpaired) electrons. The molecule has 0 fully saturated rings. The first-order chi connectivity index (χ1) is 8.20. The van der Waals surface area contributed by atoms with E-state index in [2.05, 4.69) is 21.3 Å². The Bertz CT molecular complexity index is 557. The monoisotopic (exact) mass is 245 g/mol. The van der Waals surface area contributed by atoms with E-state index in [1.807, 2.05) is 24.3 Å². The highest BCUT2D eigenvalue weighted by molar-refractivity contribution is 7.09. The number of rotatable bonds is 3. The van der Waals surface area contributed by atoms with Gasteiger partial charge in [-0.3, -0.25) is 0 Å². The van der Waals surface area contributed by atoms with E-state index in [0.717, 1.165) is 10.7 Å². The molecular weight excluding hydrogens is 234 g/mol. The van der Waals surface area contributed by atoms with Gasteiger partial charge in [-0.25, -0.2) is 4.98 Å². The van der Waals surface area contributed by atoms with E-state index >= 15 is 0 Å². The number of nitriles is 1. The number of hydrogen-bond donors (Lipinski definition) is 0. The zero-order valence-corrected chi connectivity index (χ0v) is 10.4. The van der Waals surface area contributed by atoms with Crippen LogP contribution in [-0.2, 0) is 6.54 Å². The smallest absolute Gasteiger partial charge is 0.169 e. The Morgan fingerprint density at radius 2 is 2.35 bits per heavy atom. The third-order valence-electron chi connectivity index (χ3n) is 2.25. The van der Waals surface area contributed by atoms with Crippen LogP contribution < -0.4 is 4.90 Å². The number of anilines is 1. The average molecular weight is 245 g/mol. The van der Waals surface area contributed by atoms with Gasteiger partial charge >= 0.3 is 0 Å². The molecule has 0 amide bonds. The van der Waals surface area contributed by atoms with Gasteiger partial charge in [0.05, 0.1) is 29.0 Å². The lowest BCUT2D eigenvalue weighted by atomic mass is 10.3. The molecule has 0 aromatic carbocycles. The third-order valence-corrected chi connectivity index (χ3v) is 3.07. The molecule has 0 spiro atoms. The average Bonchev–Trinajstić information content (AvgIpc) is 2.74. The van der Waals surface area contributed by atoms with Crippen molar-refractivity contribution in [2.45, 2.75) is 13.5 Å². The van der Waals surface area contributed by atoms with Crippen LogP contribution in [0, 0.1) is 18.3 Å². The van der Waals surface area contributed by atoms with E-state index in [-0.39, 0.29) is 0 Å². The van der Waals surface area contributed by atoms with Crippen LogP contribution in [0.2, 0.25) is 0 Å². The summed E-state index contributed by atoms with van der Waals surface area (Å²) in [5, 5.41) is 19.8. The lowest BCUT2D eigenvalue weighted by Gasteiger charge is -2.16. The molecule has 0 N–H and O–H groups in total. The van der Waals surface area contributed by atoms with Crippen molar-refractivity contribution in [1.82, 2.24) is 15.2 Å². The fraction of sp³-hybridized carbons (Fsp3) is 0.273. The molecule has 2 heterocycles. The number of aryl methyl sites for hydroxylation is 1. The van der Waals surface area contributed by atoms with Gasteiger partial charge < -0.3 is 4.90 Å². The summed E-state index contributed by atoms with van der Waals surface area (Å²) in [5.41, 5.74) is 1.50. The first-order valence-corrected chi connectivity index (χ1v) is 5.92. The minimum absolute atomic E-state index is 0.523. The molecule has 86 valence electrons. The van der Waals surface area contributed by atoms with Crippen LogP contribution in [-0.4, -0.2) is 22.2 Å². The number of aromatic nitrogens is 3. The van der Waals surface area contributed by atoms with Gasteiger partial charge in [-0.05, 0) is 13.0 Å². The highest BCUT2D eigenvalue weighted by Crippen LogP contribution is 2.17. The van der Waals surface area contributed by atoms with Gasteiger partial charge in [-0.1, -0.05) is 0 Å². The second kappa shape index (κ2) is 4.89. The van der Waals surface area contributed by atoms with Crippen LogP contribution in [0.4, 0.5) is 5.82 Å². The minimum atomic E-state index is 0.523. The van der Waals surface area contributed by atoms with Crippen LogP contribution in [0.1, 0.15) is 16.3 Å². The van der Waals surface area contributed by atoms with Crippen molar-refractivity contribution >= 4 is 17.2 Å².